The van der Waals surface area contributed by atoms with Crippen LogP contribution in [-0.2, 0) is 12.8 Å². The van der Waals surface area contributed by atoms with Gasteiger partial charge in [-0.15, -0.1) is 0 Å². The molecule has 0 fully saturated rings. The van der Waals surface area contributed by atoms with Gasteiger partial charge in [-0.3, -0.25) is 4.79 Å². The predicted molar refractivity (Wildman–Crippen MR) is 87.0 cm³/mol. The van der Waals surface area contributed by atoms with Crippen LogP contribution in [0.25, 0.3) is 0 Å². The monoisotopic (exact) mass is 280 g/mol. The quantitative estimate of drug-likeness (QED) is 0.896. The van der Waals surface area contributed by atoms with Crippen molar-refractivity contribution in [3.8, 4) is 0 Å². The zero-order valence-corrected chi connectivity index (χ0v) is 12.3. The molecule has 3 heteroatoms. The molecule has 2 aromatic rings. The lowest BCUT2D eigenvalue weighted by Crippen LogP contribution is -2.19. The second-order valence-electron chi connectivity index (χ2n) is 5.33. The first kappa shape index (κ1) is 13.7. The van der Waals surface area contributed by atoms with E-state index in [1.165, 1.54) is 5.56 Å². The van der Waals surface area contributed by atoms with E-state index in [9.17, 15) is 4.79 Å². The minimum Gasteiger partial charge on any atom is -0.384 e. The van der Waals surface area contributed by atoms with Crippen LogP contribution in [0.1, 0.15) is 34.8 Å². The molecule has 1 aliphatic heterocycles. The Hall–Kier alpha value is -2.29. The number of carbonyl (C=O) groups excluding carboxylic acids is 1. The Morgan fingerprint density at radius 1 is 1.19 bits per heavy atom. The van der Waals surface area contributed by atoms with E-state index in [1.807, 2.05) is 36.4 Å². The van der Waals surface area contributed by atoms with Gasteiger partial charge in [-0.2, -0.15) is 0 Å². The summed E-state index contributed by atoms with van der Waals surface area (Å²) in [7, 11) is 0. The Labute approximate surface area is 125 Å². The van der Waals surface area contributed by atoms with Gasteiger partial charge in [0.15, 0.2) is 0 Å². The van der Waals surface area contributed by atoms with E-state index in [2.05, 4.69) is 23.6 Å². The second kappa shape index (κ2) is 6.00. The van der Waals surface area contributed by atoms with Crippen molar-refractivity contribution >= 4 is 17.3 Å². The molecule has 3 nitrogen and oxygen atoms in total. The van der Waals surface area contributed by atoms with Gasteiger partial charge in [0.1, 0.15) is 0 Å². The molecule has 0 spiro atoms. The normalized spacial score (nSPS) is 13.2. The van der Waals surface area contributed by atoms with Crippen molar-refractivity contribution in [3.63, 3.8) is 0 Å². The molecule has 3 rings (SSSR count). The minimum absolute atomic E-state index is 0.0397. The van der Waals surface area contributed by atoms with Gasteiger partial charge in [-0.25, -0.2) is 0 Å². The van der Waals surface area contributed by atoms with E-state index in [0.29, 0.717) is 0 Å². The van der Waals surface area contributed by atoms with Crippen LogP contribution in [0.5, 0.6) is 0 Å². The predicted octanol–water partition coefficient (Wildman–Crippen LogP) is 3.86. The molecule has 2 aromatic carbocycles. The molecule has 1 heterocycles. The molecule has 2 N–H and O–H groups in total. The number of aryl methyl sites for hydroxylation is 2. The van der Waals surface area contributed by atoms with Gasteiger partial charge >= 0.3 is 0 Å². The summed E-state index contributed by atoms with van der Waals surface area (Å²) in [5.41, 5.74) is 5.02. The lowest BCUT2D eigenvalue weighted by Gasteiger charge is -2.21. The van der Waals surface area contributed by atoms with Gasteiger partial charge in [-0.05, 0) is 42.5 Å². The molecule has 0 aromatic heterocycles. The van der Waals surface area contributed by atoms with E-state index in [-0.39, 0.29) is 5.91 Å². The highest BCUT2D eigenvalue weighted by atomic mass is 16.1. The summed E-state index contributed by atoms with van der Waals surface area (Å²) in [4.78, 5) is 12.6. The first-order chi connectivity index (χ1) is 10.3. The van der Waals surface area contributed by atoms with Crippen LogP contribution >= 0.6 is 0 Å². The molecule has 0 atom stereocenters. The van der Waals surface area contributed by atoms with Crippen molar-refractivity contribution in [1.29, 1.82) is 0 Å². The van der Waals surface area contributed by atoms with Gasteiger partial charge in [-0.1, -0.05) is 37.3 Å². The molecule has 0 saturated carbocycles. The lowest BCUT2D eigenvalue weighted by atomic mass is 9.99. The first-order valence-corrected chi connectivity index (χ1v) is 7.54. The van der Waals surface area contributed by atoms with E-state index in [1.54, 1.807) is 0 Å². The molecule has 0 saturated heterocycles. The zero-order chi connectivity index (χ0) is 14.7. The maximum atomic E-state index is 12.6. The highest BCUT2D eigenvalue weighted by molar-refractivity contribution is 6.08. The van der Waals surface area contributed by atoms with Crippen LogP contribution in [0.15, 0.2) is 42.5 Å². The van der Waals surface area contributed by atoms with Crippen LogP contribution in [0.3, 0.4) is 0 Å². The Kier molecular flexibility index (Phi) is 3.91. The van der Waals surface area contributed by atoms with Crippen molar-refractivity contribution in [2.75, 3.05) is 17.2 Å². The SMILES string of the molecule is CCc1ccccc1NC(=O)c1cccc2c1NCCC2. The summed E-state index contributed by atoms with van der Waals surface area (Å²) in [5.74, 6) is -0.0397. The topological polar surface area (TPSA) is 41.1 Å². The van der Waals surface area contributed by atoms with E-state index < -0.39 is 0 Å². The number of nitrogens with one attached hydrogen (secondary N) is 2. The molecule has 21 heavy (non-hydrogen) atoms. The number of fused-ring (bicyclic) bond motifs is 1. The van der Waals surface area contributed by atoms with Crippen LogP contribution in [-0.4, -0.2) is 12.5 Å². The van der Waals surface area contributed by atoms with Crippen molar-refractivity contribution in [2.24, 2.45) is 0 Å². The Bertz CT molecular complexity index is 664. The van der Waals surface area contributed by atoms with Gasteiger partial charge in [0.25, 0.3) is 5.91 Å². The average molecular weight is 280 g/mol. The van der Waals surface area contributed by atoms with E-state index in [4.69, 9.17) is 0 Å². The molecule has 1 amide bonds. The summed E-state index contributed by atoms with van der Waals surface area (Å²) < 4.78 is 0. The van der Waals surface area contributed by atoms with Gasteiger partial charge in [0.2, 0.25) is 0 Å². The standard InChI is InChI=1S/C18H20N2O/c1-2-13-7-3-4-11-16(13)20-18(21)15-10-5-8-14-9-6-12-19-17(14)15/h3-5,7-8,10-11,19H,2,6,9,12H2,1H3,(H,20,21). The molecule has 108 valence electrons. The number of para-hydroxylation sites is 2. The number of hydrogen-bond donors (Lipinski definition) is 2. The van der Waals surface area contributed by atoms with Gasteiger partial charge in [0, 0.05) is 12.2 Å². The number of amides is 1. The Balaban J connectivity index is 1.89. The van der Waals surface area contributed by atoms with E-state index in [0.717, 1.165) is 48.3 Å². The maximum Gasteiger partial charge on any atom is 0.257 e. The summed E-state index contributed by atoms with van der Waals surface area (Å²) in [6.45, 7) is 3.03. The van der Waals surface area contributed by atoms with Gasteiger partial charge < -0.3 is 10.6 Å². The van der Waals surface area contributed by atoms with Crippen molar-refractivity contribution in [2.45, 2.75) is 26.2 Å². The van der Waals surface area contributed by atoms with Crippen LogP contribution < -0.4 is 10.6 Å². The summed E-state index contributed by atoms with van der Waals surface area (Å²) in [6, 6.07) is 13.9. The molecule has 1 aliphatic rings. The number of benzene rings is 2. The van der Waals surface area contributed by atoms with Crippen LogP contribution in [0.4, 0.5) is 11.4 Å². The third kappa shape index (κ3) is 2.77. The van der Waals surface area contributed by atoms with Crippen molar-refractivity contribution in [3.05, 3.63) is 59.2 Å². The Morgan fingerprint density at radius 2 is 2.05 bits per heavy atom. The van der Waals surface area contributed by atoms with Gasteiger partial charge in [0.05, 0.1) is 11.3 Å². The fraction of sp³-hybridized carbons (Fsp3) is 0.278. The van der Waals surface area contributed by atoms with Crippen LogP contribution in [0.2, 0.25) is 0 Å². The number of hydrogen-bond acceptors (Lipinski definition) is 2. The summed E-state index contributed by atoms with van der Waals surface area (Å²) >= 11 is 0. The largest absolute Gasteiger partial charge is 0.384 e. The first-order valence-electron chi connectivity index (χ1n) is 7.54. The molecule has 0 bridgehead atoms. The van der Waals surface area contributed by atoms with Crippen molar-refractivity contribution < 1.29 is 4.79 Å². The second-order valence-corrected chi connectivity index (χ2v) is 5.33. The minimum atomic E-state index is -0.0397. The van der Waals surface area contributed by atoms with E-state index >= 15 is 0 Å². The molecule has 0 radical (unpaired) electrons. The third-order valence-electron chi connectivity index (χ3n) is 3.97. The fourth-order valence-corrected chi connectivity index (χ4v) is 2.84. The zero-order valence-electron chi connectivity index (χ0n) is 12.3. The lowest BCUT2D eigenvalue weighted by molar-refractivity contribution is 0.102. The molecular formula is C18H20N2O. The Morgan fingerprint density at radius 3 is 2.90 bits per heavy atom. The van der Waals surface area contributed by atoms with Crippen LogP contribution in [0, 0.1) is 0 Å². The van der Waals surface area contributed by atoms with Crippen molar-refractivity contribution in [1.82, 2.24) is 0 Å². The smallest absolute Gasteiger partial charge is 0.257 e. The highest BCUT2D eigenvalue weighted by Crippen LogP contribution is 2.27. The summed E-state index contributed by atoms with van der Waals surface area (Å²) in [5, 5.41) is 6.41. The molecule has 0 aliphatic carbocycles. The average Bonchev–Trinajstić information content (AvgIpc) is 2.54. The third-order valence-corrected chi connectivity index (χ3v) is 3.97. The molecule has 0 unspecified atom stereocenters. The summed E-state index contributed by atoms with van der Waals surface area (Å²) in [6.07, 6.45) is 3.06. The molecular weight excluding hydrogens is 260 g/mol. The number of rotatable bonds is 3. The fourth-order valence-electron chi connectivity index (χ4n) is 2.84. The number of carbonyl (C=O) groups is 1. The maximum absolute atomic E-state index is 12.6. The highest BCUT2D eigenvalue weighted by Gasteiger charge is 2.17. The number of anilines is 2.